The van der Waals surface area contributed by atoms with Gasteiger partial charge >= 0.3 is 17.9 Å². The summed E-state index contributed by atoms with van der Waals surface area (Å²) in [7, 11) is 3.47. The number of hydrogen-bond acceptors (Lipinski definition) is 6. The molecule has 0 bridgehead atoms. The van der Waals surface area contributed by atoms with Crippen molar-refractivity contribution in [2.75, 3.05) is 21.3 Å². The maximum Gasteiger partial charge on any atom is 0.345 e. The molecule has 0 unspecified atom stereocenters. The number of methoxy groups -OCH3 is 3. The van der Waals surface area contributed by atoms with E-state index in [1.807, 2.05) is 60.7 Å². The lowest BCUT2D eigenvalue weighted by atomic mass is 9.85. The first kappa shape index (κ1) is 21.9. The third-order valence-corrected chi connectivity index (χ3v) is 4.60. The molecule has 0 aliphatic heterocycles. The number of carbonyl (C=O) groups is 3. The zero-order valence-electron chi connectivity index (χ0n) is 16.7. The third-order valence-electron chi connectivity index (χ3n) is 4.60. The van der Waals surface area contributed by atoms with E-state index in [1.165, 1.54) is 7.11 Å². The van der Waals surface area contributed by atoms with Gasteiger partial charge in [0.15, 0.2) is 5.57 Å². The standard InChI is InChI=1S/C23H24O6/c1-27-21(24)19(20(22(25)28-2)23(26)29-3)15-14-18(16-10-6-4-7-11-16)17-12-8-5-9-13-17/h4-13,18H,14-15H2,1-3H3. The molecule has 0 saturated heterocycles. The molecule has 29 heavy (non-hydrogen) atoms. The molecule has 0 amide bonds. The van der Waals surface area contributed by atoms with E-state index in [-0.39, 0.29) is 17.9 Å². The molecule has 0 aliphatic rings. The highest BCUT2D eigenvalue weighted by atomic mass is 16.5. The molecule has 6 nitrogen and oxygen atoms in total. The molecule has 0 fully saturated rings. The Bertz CT molecular complexity index is 813. The second-order valence-corrected chi connectivity index (χ2v) is 6.24. The van der Waals surface area contributed by atoms with Crippen LogP contribution in [0.15, 0.2) is 71.8 Å². The number of hydrogen-bond donors (Lipinski definition) is 0. The van der Waals surface area contributed by atoms with Crippen LogP contribution in [0.1, 0.15) is 29.9 Å². The summed E-state index contributed by atoms with van der Waals surface area (Å²) in [5.41, 5.74) is 1.60. The molecule has 0 heterocycles. The molecule has 152 valence electrons. The number of ether oxygens (including phenoxy) is 3. The first-order chi connectivity index (χ1) is 14.0. The highest BCUT2D eigenvalue weighted by Gasteiger charge is 2.30. The fourth-order valence-corrected chi connectivity index (χ4v) is 3.17. The molecule has 0 aliphatic carbocycles. The van der Waals surface area contributed by atoms with Gasteiger partial charge in [0.25, 0.3) is 0 Å². The van der Waals surface area contributed by atoms with Crippen LogP contribution in [-0.2, 0) is 28.6 Å². The van der Waals surface area contributed by atoms with E-state index in [1.54, 1.807) is 0 Å². The first-order valence-corrected chi connectivity index (χ1v) is 9.11. The van der Waals surface area contributed by atoms with Crippen LogP contribution in [0.2, 0.25) is 0 Å². The Labute approximate surface area is 170 Å². The topological polar surface area (TPSA) is 78.9 Å². The summed E-state index contributed by atoms with van der Waals surface area (Å²) in [5.74, 6) is -2.69. The van der Waals surface area contributed by atoms with Crippen molar-refractivity contribution in [3.05, 3.63) is 82.9 Å². The molecular formula is C23H24O6. The van der Waals surface area contributed by atoms with Gasteiger partial charge in [-0.25, -0.2) is 14.4 Å². The molecular weight excluding hydrogens is 372 g/mol. The summed E-state index contributed by atoms with van der Waals surface area (Å²) in [6, 6.07) is 19.6. The zero-order valence-corrected chi connectivity index (χ0v) is 16.7. The van der Waals surface area contributed by atoms with E-state index >= 15 is 0 Å². The van der Waals surface area contributed by atoms with Crippen molar-refractivity contribution in [1.29, 1.82) is 0 Å². The predicted octanol–water partition coefficient (Wildman–Crippen LogP) is 3.41. The van der Waals surface area contributed by atoms with Crippen molar-refractivity contribution < 1.29 is 28.6 Å². The Hall–Kier alpha value is -3.41. The van der Waals surface area contributed by atoms with Gasteiger partial charge in [-0.15, -0.1) is 0 Å². The lowest BCUT2D eigenvalue weighted by Gasteiger charge is -2.19. The third kappa shape index (κ3) is 5.54. The number of benzene rings is 2. The van der Waals surface area contributed by atoms with Crippen LogP contribution >= 0.6 is 0 Å². The van der Waals surface area contributed by atoms with Crippen molar-refractivity contribution in [3.8, 4) is 0 Å². The van der Waals surface area contributed by atoms with Crippen LogP contribution in [0, 0.1) is 0 Å². The first-order valence-electron chi connectivity index (χ1n) is 9.11. The molecule has 0 saturated carbocycles. The van der Waals surface area contributed by atoms with Crippen LogP contribution in [0.25, 0.3) is 0 Å². The molecule has 2 aromatic rings. The maximum absolute atomic E-state index is 12.4. The average molecular weight is 396 g/mol. The minimum atomic E-state index is -0.937. The van der Waals surface area contributed by atoms with E-state index in [4.69, 9.17) is 4.74 Å². The van der Waals surface area contributed by atoms with Gasteiger partial charge in [-0.05, 0) is 24.0 Å². The molecule has 0 spiro atoms. The van der Waals surface area contributed by atoms with Gasteiger partial charge in [0.2, 0.25) is 0 Å². The molecule has 0 N–H and O–H groups in total. The normalized spacial score (nSPS) is 10.2. The van der Waals surface area contributed by atoms with Gasteiger partial charge in [0.1, 0.15) is 0 Å². The van der Waals surface area contributed by atoms with Crippen molar-refractivity contribution in [2.24, 2.45) is 0 Å². The van der Waals surface area contributed by atoms with Gasteiger partial charge in [-0.1, -0.05) is 60.7 Å². The maximum atomic E-state index is 12.4. The summed E-state index contributed by atoms with van der Waals surface area (Å²) in [6.07, 6.45) is 0.594. The van der Waals surface area contributed by atoms with E-state index < -0.39 is 23.5 Å². The van der Waals surface area contributed by atoms with Crippen LogP contribution in [0.5, 0.6) is 0 Å². The fraction of sp³-hybridized carbons (Fsp3) is 0.261. The lowest BCUT2D eigenvalue weighted by molar-refractivity contribution is -0.146. The highest BCUT2D eigenvalue weighted by molar-refractivity contribution is 6.18. The Balaban J connectivity index is 2.46. The monoisotopic (exact) mass is 396 g/mol. The van der Waals surface area contributed by atoms with E-state index in [2.05, 4.69) is 9.47 Å². The van der Waals surface area contributed by atoms with Crippen LogP contribution in [-0.4, -0.2) is 39.2 Å². The molecule has 2 aromatic carbocycles. The molecule has 0 atom stereocenters. The molecule has 2 rings (SSSR count). The lowest BCUT2D eigenvalue weighted by Crippen LogP contribution is -2.22. The second kappa shape index (κ2) is 10.8. The van der Waals surface area contributed by atoms with Crippen molar-refractivity contribution in [2.45, 2.75) is 18.8 Å². The van der Waals surface area contributed by atoms with E-state index in [9.17, 15) is 14.4 Å². The summed E-state index contributed by atoms with van der Waals surface area (Å²) in [6.45, 7) is 0. The Morgan fingerprint density at radius 3 is 1.48 bits per heavy atom. The van der Waals surface area contributed by atoms with E-state index in [0.29, 0.717) is 6.42 Å². The van der Waals surface area contributed by atoms with Crippen molar-refractivity contribution in [3.63, 3.8) is 0 Å². The van der Waals surface area contributed by atoms with Crippen molar-refractivity contribution >= 4 is 17.9 Å². The van der Waals surface area contributed by atoms with Crippen molar-refractivity contribution in [1.82, 2.24) is 0 Å². The smallest absolute Gasteiger partial charge is 0.345 e. The molecule has 6 heteroatoms. The number of carbonyl (C=O) groups excluding carboxylic acids is 3. The van der Waals surface area contributed by atoms with E-state index in [0.717, 1.165) is 25.3 Å². The zero-order chi connectivity index (χ0) is 21.2. The van der Waals surface area contributed by atoms with Gasteiger partial charge in [0, 0.05) is 5.92 Å². The van der Waals surface area contributed by atoms with Gasteiger partial charge < -0.3 is 14.2 Å². The second-order valence-electron chi connectivity index (χ2n) is 6.24. The summed E-state index contributed by atoms with van der Waals surface area (Å²) >= 11 is 0. The SMILES string of the molecule is COC(=O)C(CCC(c1ccccc1)c1ccccc1)=C(C(=O)OC)C(=O)OC. The molecule has 0 aromatic heterocycles. The highest BCUT2D eigenvalue weighted by Crippen LogP contribution is 2.31. The van der Waals surface area contributed by atoms with Gasteiger partial charge in [-0.2, -0.15) is 0 Å². The summed E-state index contributed by atoms with van der Waals surface area (Å²) in [4.78, 5) is 36.7. The number of esters is 3. The largest absolute Gasteiger partial charge is 0.466 e. The summed E-state index contributed by atoms with van der Waals surface area (Å²) < 4.78 is 14.2. The summed E-state index contributed by atoms with van der Waals surface area (Å²) in [5, 5.41) is 0. The molecule has 0 radical (unpaired) electrons. The average Bonchev–Trinajstić information content (AvgIpc) is 2.78. The quantitative estimate of drug-likeness (QED) is 0.224. The minimum Gasteiger partial charge on any atom is -0.466 e. The number of rotatable bonds is 8. The van der Waals surface area contributed by atoms with Crippen LogP contribution < -0.4 is 0 Å². The Kier molecular flexibility index (Phi) is 8.15. The van der Waals surface area contributed by atoms with Crippen LogP contribution in [0.3, 0.4) is 0 Å². The van der Waals surface area contributed by atoms with Gasteiger partial charge in [0.05, 0.1) is 26.9 Å². The Morgan fingerprint density at radius 2 is 1.10 bits per heavy atom. The van der Waals surface area contributed by atoms with Gasteiger partial charge in [-0.3, -0.25) is 0 Å². The minimum absolute atomic E-state index is 0.0476. The predicted molar refractivity (Wildman–Crippen MR) is 107 cm³/mol. The fourth-order valence-electron chi connectivity index (χ4n) is 3.17. The Morgan fingerprint density at radius 1 is 0.690 bits per heavy atom. The van der Waals surface area contributed by atoms with Crippen LogP contribution in [0.4, 0.5) is 0 Å².